The van der Waals surface area contributed by atoms with E-state index in [0.717, 1.165) is 15.6 Å². The predicted molar refractivity (Wildman–Crippen MR) is 59.6 cm³/mol. The molecular formula is C11H13NO3S. The fourth-order valence-electron chi connectivity index (χ4n) is 1.89. The predicted octanol–water partition coefficient (Wildman–Crippen LogP) is 1.61. The standard InChI is InChI=1S/C11H13NO3S/c1-3-15-11(14)9-8(13)5-4-7-10(9)16-6(2)12-7/h9H,3-5H2,1-2H3. The lowest BCUT2D eigenvalue weighted by molar-refractivity contribution is -0.148. The molecule has 1 heterocycles. The molecule has 2 rings (SSSR count). The number of carbonyl (C=O) groups is 2. The molecule has 0 spiro atoms. The molecule has 0 radical (unpaired) electrons. The number of thiazole rings is 1. The van der Waals surface area contributed by atoms with Gasteiger partial charge in [0.25, 0.3) is 0 Å². The van der Waals surface area contributed by atoms with Gasteiger partial charge >= 0.3 is 5.97 Å². The van der Waals surface area contributed by atoms with Crippen LogP contribution in [0.25, 0.3) is 0 Å². The molecule has 5 heteroatoms. The van der Waals surface area contributed by atoms with Gasteiger partial charge in [-0.3, -0.25) is 9.59 Å². The largest absolute Gasteiger partial charge is 0.465 e. The highest BCUT2D eigenvalue weighted by atomic mass is 32.1. The number of ketones is 1. The summed E-state index contributed by atoms with van der Waals surface area (Å²) in [4.78, 5) is 28.6. The van der Waals surface area contributed by atoms with E-state index in [1.54, 1.807) is 6.92 Å². The molecule has 1 aliphatic rings. The third kappa shape index (κ3) is 1.87. The zero-order valence-electron chi connectivity index (χ0n) is 9.28. The molecule has 16 heavy (non-hydrogen) atoms. The Morgan fingerprint density at radius 1 is 1.56 bits per heavy atom. The van der Waals surface area contributed by atoms with E-state index in [-0.39, 0.29) is 5.78 Å². The van der Waals surface area contributed by atoms with Crippen LogP contribution in [0.5, 0.6) is 0 Å². The van der Waals surface area contributed by atoms with E-state index in [1.165, 1.54) is 11.3 Å². The molecule has 1 aliphatic carbocycles. The Morgan fingerprint density at radius 3 is 3.00 bits per heavy atom. The number of rotatable bonds is 2. The van der Waals surface area contributed by atoms with E-state index in [2.05, 4.69) is 4.98 Å². The Balaban J connectivity index is 2.36. The van der Waals surface area contributed by atoms with Crippen molar-refractivity contribution < 1.29 is 14.3 Å². The molecule has 86 valence electrons. The number of hydrogen-bond donors (Lipinski definition) is 0. The Hall–Kier alpha value is -1.23. The lowest BCUT2D eigenvalue weighted by Gasteiger charge is -2.18. The van der Waals surface area contributed by atoms with E-state index in [4.69, 9.17) is 4.74 Å². The molecule has 1 unspecified atom stereocenters. The second kappa shape index (κ2) is 4.33. The lowest BCUT2D eigenvalue weighted by Crippen LogP contribution is -2.28. The number of hydrogen-bond acceptors (Lipinski definition) is 5. The van der Waals surface area contributed by atoms with Gasteiger partial charge in [0.1, 0.15) is 0 Å². The summed E-state index contributed by atoms with van der Waals surface area (Å²) in [5.74, 6) is -1.21. The van der Waals surface area contributed by atoms with Gasteiger partial charge in [0.2, 0.25) is 0 Å². The van der Waals surface area contributed by atoms with E-state index in [1.807, 2.05) is 6.92 Å². The van der Waals surface area contributed by atoms with Crippen LogP contribution in [0, 0.1) is 6.92 Å². The summed E-state index contributed by atoms with van der Waals surface area (Å²) in [6, 6.07) is 0. The average Bonchev–Trinajstić information content (AvgIpc) is 2.58. The normalized spacial score (nSPS) is 19.4. The van der Waals surface area contributed by atoms with Crippen LogP contribution >= 0.6 is 11.3 Å². The first kappa shape index (κ1) is 11.3. The van der Waals surface area contributed by atoms with Gasteiger partial charge in [-0.1, -0.05) is 0 Å². The Labute approximate surface area is 97.6 Å². The van der Waals surface area contributed by atoms with Crippen LogP contribution in [0.2, 0.25) is 0 Å². The quantitative estimate of drug-likeness (QED) is 0.581. The van der Waals surface area contributed by atoms with Gasteiger partial charge in [0, 0.05) is 11.3 Å². The summed E-state index contributed by atoms with van der Waals surface area (Å²) in [5.41, 5.74) is 0.889. The Bertz CT molecular complexity index is 438. The molecule has 0 fully saturated rings. The zero-order chi connectivity index (χ0) is 11.7. The Kier molecular flexibility index (Phi) is 3.05. The highest BCUT2D eigenvalue weighted by Gasteiger charge is 2.37. The highest BCUT2D eigenvalue weighted by Crippen LogP contribution is 2.34. The van der Waals surface area contributed by atoms with Crippen molar-refractivity contribution in [2.75, 3.05) is 6.61 Å². The van der Waals surface area contributed by atoms with Gasteiger partial charge < -0.3 is 4.74 Å². The number of esters is 1. The second-order valence-electron chi connectivity index (χ2n) is 3.70. The van der Waals surface area contributed by atoms with Crippen LogP contribution in [0.15, 0.2) is 0 Å². The molecule has 0 aromatic carbocycles. The van der Waals surface area contributed by atoms with Gasteiger partial charge in [0.15, 0.2) is 11.7 Å². The third-order valence-corrected chi connectivity index (χ3v) is 3.63. The minimum atomic E-state index is -0.727. The molecule has 0 aliphatic heterocycles. The molecule has 0 saturated heterocycles. The average molecular weight is 239 g/mol. The number of ether oxygens (including phenoxy) is 1. The maximum atomic E-state index is 11.8. The second-order valence-corrected chi connectivity index (χ2v) is 4.93. The summed E-state index contributed by atoms with van der Waals surface area (Å²) in [6.07, 6.45) is 1.04. The van der Waals surface area contributed by atoms with Crippen LogP contribution in [0.1, 0.15) is 34.8 Å². The topological polar surface area (TPSA) is 56.3 Å². The van der Waals surface area contributed by atoms with Gasteiger partial charge in [-0.2, -0.15) is 0 Å². The van der Waals surface area contributed by atoms with Crippen molar-refractivity contribution >= 4 is 23.1 Å². The number of Topliss-reactive ketones (excluding diaryl/α,β-unsaturated/α-hetero) is 1. The van der Waals surface area contributed by atoms with E-state index in [0.29, 0.717) is 19.4 Å². The fraction of sp³-hybridized carbons (Fsp3) is 0.545. The van der Waals surface area contributed by atoms with Crippen molar-refractivity contribution in [2.45, 2.75) is 32.6 Å². The number of carbonyl (C=O) groups excluding carboxylic acids is 2. The SMILES string of the molecule is CCOC(=O)C1C(=O)CCc2nc(C)sc21. The fourth-order valence-corrected chi connectivity index (χ4v) is 2.97. The zero-order valence-corrected chi connectivity index (χ0v) is 10.1. The van der Waals surface area contributed by atoms with E-state index >= 15 is 0 Å². The van der Waals surface area contributed by atoms with Gasteiger partial charge in [0.05, 0.1) is 17.3 Å². The van der Waals surface area contributed by atoms with Crippen molar-refractivity contribution in [3.8, 4) is 0 Å². The molecule has 0 bridgehead atoms. The van der Waals surface area contributed by atoms with Crippen molar-refractivity contribution in [1.29, 1.82) is 0 Å². The first-order chi connectivity index (χ1) is 7.63. The molecule has 4 nitrogen and oxygen atoms in total. The first-order valence-corrected chi connectivity index (χ1v) is 6.10. The molecule has 1 aromatic rings. The summed E-state index contributed by atoms with van der Waals surface area (Å²) >= 11 is 1.42. The van der Waals surface area contributed by atoms with Crippen LogP contribution in [0.4, 0.5) is 0 Å². The lowest BCUT2D eigenvalue weighted by atomic mass is 9.90. The first-order valence-electron chi connectivity index (χ1n) is 5.29. The third-order valence-electron chi connectivity index (χ3n) is 2.55. The maximum absolute atomic E-state index is 11.8. The summed E-state index contributed by atoms with van der Waals surface area (Å²) in [7, 11) is 0. The number of nitrogens with zero attached hydrogens (tertiary/aromatic N) is 1. The van der Waals surface area contributed by atoms with Crippen molar-refractivity contribution in [3.05, 3.63) is 15.6 Å². The van der Waals surface area contributed by atoms with Gasteiger partial charge in [-0.25, -0.2) is 4.98 Å². The smallest absolute Gasteiger partial charge is 0.321 e. The highest BCUT2D eigenvalue weighted by molar-refractivity contribution is 7.12. The van der Waals surface area contributed by atoms with E-state index < -0.39 is 11.9 Å². The monoisotopic (exact) mass is 239 g/mol. The van der Waals surface area contributed by atoms with Crippen LogP contribution in [0.3, 0.4) is 0 Å². The summed E-state index contributed by atoms with van der Waals surface area (Å²) in [5, 5.41) is 0.897. The minimum Gasteiger partial charge on any atom is -0.465 e. The van der Waals surface area contributed by atoms with Crippen molar-refractivity contribution in [1.82, 2.24) is 4.98 Å². The summed E-state index contributed by atoms with van der Waals surface area (Å²) in [6.45, 7) is 3.93. The number of aromatic nitrogens is 1. The number of aryl methyl sites for hydroxylation is 2. The Morgan fingerprint density at radius 2 is 2.31 bits per heavy atom. The van der Waals surface area contributed by atoms with Crippen molar-refractivity contribution in [3.63, 3.8) is 0 Å². The van der Waals surface area contributed by atoms with Crippen molar-refractivity contribution in [2.24, 2.45) is 0 Å². The molecule has 1 aromatic heterocycles. The summed E-state index contributed by atoms with van der Waals surface area (Å²) < 4.78 is 4.94. The number of fused-ring (bicyclic) bond motifs is 1. The van der Waals surface area contributed by atoms with Crippen LogP contribution in [-0.4, -0.2) is 23.3 Å². The molecular weight excluding hydrogens is 226 g/mol. The van der Waals surface area contributed by atoms with Crippen LogP contribution in [-0.2, 0) is 20.7 Å². The van der Waals surface area contributed by atoms with E-state index in [9.17, 15) is 9.59 Å². The molecule has 0 N–H and O–H groups in total. The molecule has 0 amide bonds. The van der Waals surface area contributed by atoms with Crippen LogP contribution < -0.4 is 0 Å². The minimum absolute atomic E-state index is 0.0467. The molecule has 1 atom stereocenters. The van der Waals surface area contributed by atoms with Gasteiger partial charge in [-0.05, 0) is 20.3 Å². The molecule has 0 saturated carbocycles. The van der Waals surface area contributed by atoms with Gasteiger partial charge in [-0.15, -0.1) is 11.3 Å². The maximum Gasteiger partial charge on any atom is 0.321 e.